The van der Waals surface area contributed by atoms with E-state index in [9.17, 15) is 0 Å². The number of thiophene rings is 1. The molecule has 3 heteroatoms. The van der Waals surface area contributed by atoms with Crippen LogP contribution in [0.25, 0.3) is 0 Å². The molecule has 0 bridgehead atoms. The highest BCUT2D eigenvalue weighted by atomic mass is 32.1. The van der Waals surface area contributed by atoms with Crippen LogP contribution in [0, 0.1) is 0 Å². The van der Waals surface area contributed by atoms with Crippen molar-refractivity contribution in [2.75, 3.05) is 13.2 Å². The number of ether oxygens (including phenoxy) is 1. The lowest BCUT2D eigenvalue weighted by atomic mass is 9.78. The van der Waals surface area contributed by atoms with Crippen LogP contribution in [0.15, 0.2) is 17.5 Å². The number of nitrogens with one attached hydrogen (secondary N) is 1. The first-order valence-corrected chi connectivity index (χ1v) is 9.39. The maximum atomic E-state index is 6.20. The lowest BCUT2D eigenvalue weighted by molar-refractivity contribution is -0.109. The minimum Gasteiger partial charge on any atom is -0.375 e. The molecule has 1 aromatic rings. The van der Waals surface area contributed by atoms with Gasteiger partial charge in [0.15, 0.2) is 0 Å². The van der Waals surface area contributed by atoms with Crippen LogP contribution in [-0.4, -0.2) is 24.8 Å². The summed E-state index contributed by atoms with van der Waals surface area (Å²) in [5, 5.41) is 6.03. The molecule has 118 valence electrons. The van der Waals surface area contributed by atoms with Crippen molar-refractivity contribution >= 4 is 11.3 Å². The van der Waals surface area contributed by atoms with E-state index < -0.39 is 0 Å². The molecule has 1 aliphatic carbocycles. The van der Waals surface area contributed by atoms with Crippen molar-refractivity contribution in [3.63, 3.8) is 0 Å². The van der Waals surface area contributed by atoms with Crippen molar-refractivity contribution in [3.8, 4) is 0 Å². The molecule has 0 radical (unpaired) electrons. The van der Waals surface area contributed by atoms with E-state index in [1.54, 1.807) is 0 Å². The minimum atomic E-state index is 0.210. The zero-order chi connectivity index (χ0) is 14.8. The molecule has 1 spiro atoms. The van der Waals surface area contributed by atoms with Crippen LogP contribution in [0.1, 0.15) is 63.7 Å². The third-order valence-corrected chi connectivity index (χ3v) is 6.51. The maximum Gasteiger partial charge on any atom is 0.0697 e. The highest BCUT2D eigenvalue weighted by molar-refractivity contribution is 7.10. The zero-order valence-corrected chi connectivity index (χ0v) is 14.3. The van der Waals surface area contributed by atoms with Gasteiger partial charge in [-0.3, -0.25) is 0 Å². The van der Waals surface area contributed by atoms with Gasteiger partial charge in [-0.1, -0.05) is 39.2 Å². The number of hydrogen-bond acceptors (Lipinski definition) is 3. The van der Waals surface area contributed by atoms with Gasteiger partial charge < -0.3 is 10.1 Å². The van der Waals surface area contributed by atoms with Gasteiger partial charge in [-0.25, -0.2) is 0 Å². The van der Waals surface area contributed by atoms with Crippen molar-refractivity contribution < 1.29 is 4.74 Å². The van der Waals surface area contributed by atoms with Crippen LogP contribution >= 0.6 is 11.3 Å². The summed E-state index contributed by atoms with van der Waals surface area (Å²) in [6.45, 7) is 6.70. The standard InChI is InChI=1S/C18H29NOS/c1-17(2,16-7-6-12-21-16)14-19-15-8-11-20-18(13-15)9-4-3-5-10-18/h6-7,12,15,19H,3-5,8-11,13-14H2,1-2H3. The van der Waals surface area contributed by atoms with Gasteiger partial charge in [0.2, 0.25) is 0 Å². The van der Waals surface area contributed by atoms with Crippen LogP contribution in [0.5, 0.6) is 0 Å². The molecule has 1 aliphatic heterocycles. The van der Waals surface area contributed by atoms with Gasteiger partial charge in [0.05, 0.1) is 5.60 Å². The number of rotatable bonds is 4. The molecule has 2 heterocycles. The molecule has 1 aromatic heterocycles. The molecule has 3 rings (SSSR count). The van der Waals surface area contributed by atoms with Crippen molar-refractivity contribution in [1.29, 1.82) is 0 Å². The molecule has 1 saturated heterocycles. The Morgan fingerprint density at radius 3 is 2.86 bits per heavy atom. The topological polar surface area (TPSA) is 21.3 Å². The summed E-state index contributed by atoms with van der Waals surface area (Å²) in [6, 6.07) is 5.06. The highest BCUT2D eigenvalue weighted by Crippen LogP contribution is 2.38. The fraction of sp³-hybridized carbons (Fsp3) is 0.778. The quantitative estimate of drug-likeness (QED) is 0.884. The molecule has 2 fully saturated rings. The lowest BCUT2D eigenvalue weighted by Gasteiger charge is -2.44. The van der Waals surface area contributed by atoms with E-state index in [2.05, 4.69) is 36.7 Å². The summed E-state index contributed by atoms with van der Waals surface area (Å²) >= 11 is 1.87. The summed E-state index contributed by atoms with van der Waals surface area (Å²) in [4.78, 5) is 1.48. The van der Waals surface area contributed by atoms with E-state index in [-0.39, 0.29) is 11.0 Å². The van der Waals surface area contributed by atoms with Crippen LogP contribution in [0.3, 0.4) is 0 Å². The van der Waals surface area contributed by atoms with E-state index in [0.29, 0.717) is 6.04 Å². The van der Waals surface area contributed by atoms with E-state index in [1.807, 2.05) is 11.3 Å². The van der Waals surface area contributed by atoms with Gasteiger partial charge in [-0.15, -0.1) is 11.3 Å². The predicted molar refractivity (Wildman–Crippen MR) is 90.1 cm³/mol. The first-order valence-electron chi connectivity index (χ1n) is 8.51. The second-order valence-corrected chi connectivity index (χ2v) is 8.47. The van der Waals surface area contributed by atoms with Crippen molar-refractivity contribution in [1.82, 2.24) is 5.32 Å². The van der Waals surface area contributed by atoms with Gasteiger partial charge in [0, 0.05) is 29.5 Å². The average Bonchev–Trinajstić information content (AvgIpc) is 3.01. The average molecular weight is 308 g/mol. The summed E-state index contributed by atoms with van der Waals surface area (Å²) < 4.78 is 6.20. The summed E-state index contributed by atoms with van der Waals surface area (Å²) in [5.41, 5.74) is 0.438. The van der Waals surface area contributed by atoms with Gasteiger partial charge in [0.25, 0.3) is 0 Å². The Hall–Kier alpha value is -0.380. The second-order valence-electron chi connectivity index (χ2n) is 7.52. The smallest absolute Gasteiger partial charge is 0.0697 e. The molecule has 21 heavy (non-hydrogen) atoms. The van der Waals surface area contributed by atoms with Gasteiger partial charge >= 0.3 is 0 Å². The molecular formula is C18H29NOS. The molecule has 2 aliphatic rings. The Balaban J connectivity index is 1.55. The Morgan fingerprint density at radius 1 is 1.33 bits per heavy atom. The van der Waals surface area contributed by atoms with Crippen LogP contribution in [0.2, 0.25) is 0 Å². The van der Waals surface area contributed by atoms with Gasteiger partial charge in [0.1, 0.15) is 0 Å². The van der Waals surface area contributed by atoms with Crippen LogP contribution < -0.4 is 5.32 Å². The highest BCUT2D eigenvalue weighted by Gasteiger charge is 2.38. The third-order valence-electron chi connectivity index (χ3n) is 5.28. The fourth-order valence-corrected chi connectivity index (χ4v) is 4.75. The van der Waals surface area contributed by atoms with Crippen molar-refractivity contribution in [3.05, 3.63) is 22.4 Å². The molecule has 0 amide bonds. The summed E-state index contributed by atoms with van der Waals surface area (Å²) in [7, 11) is 0. The largest absolute Gasteiger partial charge is 0.375 e. The van der Waals surface area contributed by atoms with E-state index in [0.717, 1.165) is 13.2 Å². The SMILES string of the molecule is CC(C)(CNC1CCOC2(CCCCC2)C1)c1cccs1. The van der Waals surface area contributed by atoms with Crippen LogP contribution in [-0.2, 0) is 10.2 Å². The first-order chi connectivity index (χ1) is 10.1. The van der Waals surface area contributed by atoms with E-state index in [1.165, 1.54) is 49.8 Å². The molecule has 2 nitrogen and oxygen atoms in total. The fourth-order valence-electron chi connectivity index (χ4n) is 3.90. The Labute approximate surface area is 133 Å². The Bertz CT molecular complexity index is 429. The second kappa shape index (κ2) is 6.39. The maximum absolute atomic E-state index is 6.20. The predicted octanol–water partition coefficient (Wildman–Crippen LogP) is 4.50. The minimum absolute atomic E-state index is 0.210. The zero-order valence-electron chi connectivity index (χ0n) is 13.5. The van der Waals surface area contributed by atoms with Gasteiger partial charge in [-0.05, 0) is 37.1 Å². The molecule has 0 aromatic carbocycles. The molecule has 1 unspecified atom stereocenters. The normalized spacial score (nSPS) is 26.1. The number of hydrogen-bond donors (Lipinski definition) is 1. The Morgan fingerprint density at radius 2 is 2.14 bits per heavy atom. The molecule has 1 saturated carbocycles. The first kappa shape index (κ1) is 15.5. The van der Waals surface area contributed by atoms with Crippen LogP contribution in [0.4, 0.5) is 0 Å². The molecule has 1 N–H and O–H groups in total. The molecular weight excluding hydrogens is 278 g/mol. The summed E-state index contributed by atoms with van der Waals surface area (Å²) in [5.74, 6) is 0. The summed E-state index contributed by atoms with van der Waals surface area (Å²) in [6.07, 6.45) is 9.05. The third kappa shape index (κ3) is 3.69. The molecule has 1 atom stereocenters. The van der Waals surface area contributed by atoms with Crippen molar-refractivity contribution in [2.45, 2.75) is 75.9 Å². The van der Waals surface area contributed by atoms with Gasteiger partial charge in [-0.2, -0.15) is 0 Å². The van der Waals surface area contributed by atoms with Crippen molar-refractivity contribution in [2.24, 2.45) is 0 Å². The van der Waals surface area contributed by atoms with E-state index >= 15 is 0 Å². The monoisotopic (exact) mass is 307 g/mol. The lowest BCUT2D eigenvalue weighted by Crippen LogP contribution is -2.50. The Kier molecular flexibility index (Phi) is 4.72. The van der Waals surface area contributed by atoms with E-state index in [4.69, 9.17) is 4.74 Å².